The first kappa shape index (κ1) is 18.1. The number of aryl methyl sites for hydroxylation is 1. The molecule has 3 fully saturated rings. The number of para-hydroxylation sites is 1. The van der Waals surface area contributed by atoms with Crippen molar-refractivity contribution in [3.63, 3.8) is 0 Å². The zero-order chi connectivity index (χ0) is 19.1. The Morgan fingerprint density at radius 2 is 1.93 bits per heavy atom. The SMILES string of the molecule is O=C(CCc1nc2ccccc2s1)N1CC[C@@H]2C[C@@H](C(=O)N3CCCC3)[C@@H]2C1. The molecular formula is C22H27N3O2S. The number of benzene rings is 1. The number of likely N-dealkylation sites (tertiary alicyclic amines) is 2. The molecule has 0 bridgehead atoms. The van der Waals surface area contributed by atoms with Gasteiger partial charge >= 0.3 is 0 Å². The zero-order valence-electron chi connectivity index (χ0n) is 16.2. The van der Waals surface area contributed by atoms with Crippen LogP contribution < -0.4 is 0 Å². The van der Waals surface area contributed by atoms with Crippen molar-refractivity contribution in [2.24, 2.45) is 17.8 Å². The van der Waals surface area contributed by atoms with Crippen LogP contribution in [0, 0.1) is 17.8 Å². The van der Waals surface area contributed by atoms with Crippen LogP contribution in [0.5, 0.6) is 0 Å². The normalized spacial score (nSPS) is 26.9. The third-order valence-electron chi connectivity index (χ3n) is 6.86. The summed E-state index contributed by atoms with van der Waals surface area (Å²) < 4.78 is 1.18. The third kappa shape index (κ3) is 3.32. The van der Waals surface area contributed by atoms with E-state index in [1.807, 2.05) is 23.1 Å². The summed E-state index contributed by atoms with van der Waals surface area (Å²) in [5.74, 6) is 1.75. The first-order valence-corrected chi connectivity index (χ1v) is 11.4. The molecule has 5 nitrogen and oxygen atoms in total. The predicted octanol–water partition coefficient (Wildman–Crippen LogP) is 3.34. The second kappa shape index (κ2) is 7.47. The monoisotopic (exact) mass is 397 g/mol. The lowest BCUT2D eigenvalue weighted by Crippen LogP contribution is -2.56. The minimum Gasteiger partial charge on any atom is -0.342 e. The Labute approximate surface area is 169 Å². The highest BCUT2D eigenvalue weighted by Crippen LogP contribution is 2.46. The number of carbonyl (C=O) groups excluding carboxylic acids is 2. The van der Waals surface area contributed by atoms with E-state index in [-0.39, 0.29) is 11.8 Å². The van der Waals surface area contributed by atoms with Gasteiger partial charge in [-0.15, -0.1) is 11.3 Å². The van der Waals surface area contributed by atoms with Gasteiger partial charge < -0.3 is 9.80 Å². The van der Waals surface area contributed by atoms with Crippen LogP contribution in [0.3, 0.4) is 0 Å². The van der Waals surface area contributed by atoms with Crippen LogP contribution in [0.4, 0.5) is 0 Å². The van der Waals surface area contributed by atoms with Crippen molar-refractivity contribution < 1.29 is 9.59 Å². The van der Waals surface area contributed by atoms with Crippen molar-refractivity contribution in [2.75, 3.05) is 26.2 Å². The lowest BCUT2D eigenvalue weighted by atomic mass is 9.61. The van der Waals surface area contributed by atoms with Gasteiger partial charge in [0.25, 0.3) is 0 Å². The van der Waals surface area contributed by atoms with Crippen LogP contribution in [0.25, 0.3) is 10.2 Å². The molecule has 1 aromatic carbocycles. The van der Waals surface area contributed by atoms with E-state index < -0.39 is 0 Å². The van der Waals surface area contributed by atoms with Crippen LogP contribution in [-0.2, 0) is 16.0 Å². The van der Waals surface area contributed by atoms with Gasteiger partial charge in [0.15, 0.2) is 0 Å². The average Bonchev–Trinajstić information content (AvgIpc) is 3.36. The number of rotatable bonds is 4. The Morgan fingerprint density at radius 3 is 2.75 bits per heavy atom. The summed E-state index contributed by atoms with van der Waals surface area (Å²) in [6, 6.07) is 8.13. The number of aromatic nitrogens is 1. The van der Waals surface area contributed by atoms with E-state index in [4.69, 9.17) is 0 Å². The number of hydrogen-bond donors (Lipinski definition) is 0. The Balaban J connectivity index is 1.17. The van der Waals surface area contributed by atoms with Crippen molar-refractivity contribution in [1.82, 2.24) is 14.8 Å². The Morgan fingerprint density at radius 1 is 1.11 bits per heavy atom. The number of amides is 2. The largest absolute Gasteiger partial charge is 0.342 e. The van der Waals surface area contributed by atoms with E-state index in [9.17, 15) is 9.59 Å². The first-order chi connectivity index (χ1) is 13.7. The molecule has 1 aromatic heterocycles. The molecule has 6 heteroatoms. The molecule has 28 heavy (non-hydrogen) atoms. The maximum atomic E-state index is 12.8. The Bertz CT molecular complexity index is 856. The van der Waals surface area contributed by atoms with Gasteiger partial charge in [-0.05, 0) is 49.7 Å². The fourth-order valence-electron chi connectivity index (χ4n) is 5.17. The van der Waals surface area contributed by atoms with Gasteiger partial charge in [-0.1, -0.05) is 12.1 Å². The van der Waals surface area contributed by atoms with Crippen LogP contribution in [0.1, 0.15) is 37.1 Å². The molecule has 1 aliphatic carbocycles. The van der Waals surface area contributed by atoms with E-state index in [0.717, 1.165) is 62.4 Å². The number of nitrogens with zero attached hydrogens (tertiary/aromatic N) is 3. The summed E-state index contributed by atoms with van der Waals surface area (Å²) in [6.45, 7) is 3.48. The fraction of sp³-hybridized carbons (Fsp3) is 0.591. The number of thiazole rings is 1. The van der Waals surface area contributed by atoms with E-state index in [0.29, 0.717) is 30.6 Å². The number of piperidine rings is 1. The van der Waals surface area contributed by atoms with Crippen LogP contribution in [0.15, 0.2) is 24.3 Å². The molecule has 3 heterocycles. The van der Waals surface area contributed by atoms with Crippen LogP contribution >= 0.6 is 11.3 Å². The van der Waals surface area contributed by atoms with Gasteiger partial charge in [0.05, 0.1) is 15.2 Å². The van der Waals surface area contributed by atoms with Gasteiger partial charge in [-0.3, -0.25) is 9.59 Å². The lowest BCUT2D eigenvalue weighted by Gasteiger charge is -2.51. The molecule has 3 atom stereocenters. The average molecular weight is 398 g/mol. The zero-order valence-corrected chi connectivity index (χ0v) is 17.0. The highest BCUT2D eigenvalue weighted by molar-refractivity contribution is 7.18. The third-order valence-corrected chi connectivity index (χ3v) is 7.95. The molecule has 148 valence electrons. The Kier molecular flexibility index (Phi) is 4.83. The van der Waals surface area contributed by atoms with Crippen LogP contribution in [-0.4, -0.2) is 52.8 Å². The van der Waals surface area contributed by atoms with Crippen LogP contribution in [0.2, 0.25) is 0 Å². The topological polar surface area (TPSA) is 53.5 Å². The van der Waals surface area contributed by atoms with Crippen molar-refractivity contribution in [3.8, 4) is 0 Å². The molecule has 3 aliphatic rings. The quantitative estimate of drug-likeness (QED) is 0.795. The van der Waals surface area contributed by atoms with Gasteiger partial charge in [-0.2, -0.15) is 0 Å². The Hall–Kier alpha value is -1.95. The molecule has 0 N–H and O–H groups in total. The molecule has 0 radical (unpaired) electrons. The van der Waals surface area contributed by atoms with Crippen molar-refractivity contribution in [1.29, 1.82) is 0 Å². The molecule has 0 unspecified atom stereocenters. The summed E-state index contributed by atoms with van der Waals surface area (Å²) in [5.41, 5.74) is 1.02. The number of carbonyl (C=O) groups is 2. The molecule has 2 aromatic rings. The van der Waals surface area contributed by atoms with Gasteiger partial charge in [0.2, 0.25) is 11.8 Å². The molecule has 2 amide bonds. The smallest absolute Gasteiger partial charge is 0.226 e. The minimum absolute atomic E-state index is 0.156. The maximum Gasteiger partial charge on any atom is 0.226 e. The van der Waals surface area contributed by atoms with Crippen molar-refractivity contribution in [2.45, 2.75) is 38.5 Å². The van der Waals surface area contributed by atoms with Crippen molar-refractivity contribution >= 4 is 33.4 Å². The van der Waals surface area contributed by atoms with E-state index in [1.165, 1.54) is 4.70 Å². The molecular weight excluding hydrogens is 370 g/mol. The van der Waals surface area contributed by atoms with E-state index in [2.05, 4.69) is 16.0 Å². The van der Waals surface area contributed by atoms with E-state index in [1.54, 1.807) is 11.3 Å². The van der Waals surface area contributed by atoms with Gasteiger partial charge in [0, 0.05) is 44.9 Å². The summed E-state index contributed by atoms with van der Waals surface area (Å²) in [5, 5.41) is 1.04. The second-order valence-electron chi connectivity index (χ2n) is 8.50. The number of hydrogen-bond acceptors (Lipinski definition) is 4. The second-order valence-corrected chi connectivity index (χ2v) is 9.62. The highest BCUT2D eigenvalue weighted by Gasteiger charge is 2.49. The molecule has 1 saturated carbocycles. The first-order valence-electron chi connectivity index (χ1n) is 10.6. The maximum absolute atomic E-state index is 12.8. The summed E-state index contributed by atoms with van der Waals surface area (Å²) in [4.78, 5) is 34.3. The standard InChI is InChI=1S/C22H27N3O2S/c26-21(8-7-20-23-18-5-1-2-6-19(18)28-20)25-12-9-15-13-16(17(15)14-25)22(27)24-10-3-4-11-24/h1-2,5-6,15-17H,3-4,7-14H2/t15-,16-,17-/m1/s1. The van der Waals surface area contributed by atoms with Gasteiger partial charge in [-0.25, -0.2) is 4.98 Å². The highest BCUT2D eigenvalue weighted by atomic mass is 32.1. The molecule has 2 aliphatic heterocycles. The van der Waals surface area contributed by atoms with E-state index >= 15 is 0 Å². The summed E-state index contributed by atoms with van der Waals surface area (Å²) in [6.07, 6.45) is 5.60. The molecule has 5 rings (SSSR count). The van der Waals surface area contributed by atoms with Gasteiger partial charge in [0.1, 0.15) is 0 Å². The minimum atomic E-state index is 0.156. The molecule has 2 saturated heterocycles. The molecule has 0 spiro atoms. The van der Waals surface area contributed by atoms with Crippen molar-refractivity contribution in [3.05, 3.63) is 29.3 Å². The summed E-state index contributed by atoms with van der Waals surface area (Å²) >= 11 is 1.68. The summed E-state index contributed by atoms with van der Waals surface area (Å²) in [7, 11) is 0. The predicted molar refractivity (Wildman–Crippen MR) is 110 cm³/mol. The number of fused-ring (bicyclic) bond motifs is 2. The lowest BCUT2D eigenvalue weighted by molar-refractivity contribution is -0.151. The fourth-order valence-corrected chi connectivity index (χ4v) is 6.13.